The molecule has 19 heavy (non-hydrogen) atoms. The zero-order valence-electron chi connectivity index (χ0n) is 9.83. The molecule has 0 aliphatic carbocycles. The van der Waals surface area contributed by atoms with Crippen molar-refractivity contribution in [2.75, 3.05) is 5.32 Å². The van der Waals surface area contributed by atoms with Crippen molar-refractivity contribution in [2.45, 2.75) is 6.92 Å². The van der Waals surface area contributed by atoms with Gasteiger partial charge in [0.05, 0.1) is 10.7 Å². The number of carbonyl (C=O) groups excluding carboxylic acids is 1. The van der Waals surface area contributed by atoms with E-state index in [1.54, 1.807) is 13.0 Å². The molecule has 0 saturated heterocycles. The van der Waals surface area contributed by atoms with Gasteiger partial charge in [0.15, 0.2) is 5.43 Å². The number of H-pyrrole nitrogens is 1. The van der Waals surface area contributed by atoms with Crippen LogP contribution in [0.4, 0.5) is 5.69 Å². The molecule has 98 valence electrons. The number of aromatic amines is 1. The minimum absolute atomic E-state index is 0.0254. The number of hydrogen-bond acceptors (Lipinski definition) is 3. The first kappa shape index (κ1) is 13.8. The van der Waals surface area contributed by atoms with Gasteiger partial charge in [-0.1, -0.05) is 11.6 Å². The third-order valence-electron chi connectivity index (χ3n) is 2.36. The standard InChI is InChI=1S/C12H9BrClN3O2/c1-6-2-10(18)8(5-15-6)12(19)17-9-3-7(14)4-16-11(9)13/h2-5H,1H3,(H,15,18)(H,17,19). The van der Waals surface area contributed by atoms with Gasteiger partial charge < -0.3 is 10.3 Å². The Bertz CT molecular complexity index is 700. The maximum atomic E-state index is 12.0. The zero-order valence-corrected chi connectivity index (χ0v) is 12.2. The van der Waals surface area contributed by atoms with Gasteiger partial charge in [0.25, 0.3) is 5.91 Å². The molecule has 0 bridgehead atoms. The summed E-state index contributed by atoms with van der Waals surface area (Å²) in [4.78, 5) is 30.4. The zero-order chi connectivity index (χ0) is 14.0. The van der Waals surface area contributed by atoms with E-state index in [0.29, 0.717) is 21.0 Å². The number of carbonyl (C=O) groups is 1. The second-order valence-corrected chi connectivity index (χ2v) is 5.03. The molecule has 0 aliphatic rings. The van der Waals surface area contributed by atoms with Crippen molar-refractivity contribution in [2.24, 2.45) is 0 Å². The number of halogens is 2. The van der Waals surface area contributed by atoms with E-state index < -0.39 is 5.91 Å². The molecular formula is C12H9BrClN3O2. The molecule has 0 aliphatic heterocycles. The van der Waals surface area contributed by atoms with Gasteiger partial charge in [0.1, 0.15) is 10.2 Å². The van der Waals surface area contributed by atoms with E-state index in [4.69, 9.17) is 11.6 Å². The van der Waals surface area contributed by atoms with Crippen LogP contribution in [0, 0.1) is 6.92 Å². The Kier molecular flexibility index (Phi) is 4.01. The number of aryl methyl sites for hydroxylation is 1. The molecule has 0 fully saturated rings. The van der Waals surface area contributed by atoms with Gasteiger partial charge in [0.2, 0.25) is 0 Å². The highest BCUT2D eigenvalue weighted by atomic mass is 79.9. The van der Waals surface area contributed by atoms with Crippen LogP contribution in [-0.2, 0) is 0 Å². The van der Waals surface area contributed by atoms with Gasteiger partial charge in [-0.3, -0.25) is 9.59 Å². The average molecular weight is 343 g/mol. The lowest BCUT2D eigenvalue weighted by Gasteiger charge is -2.07. The van der Waals surface area contributed by atoms with Crippen molar-refractivity contribution in [1.82, 2.24) is 9.97 Å². The Balaban J connectivity index is 2.31. The first-order chi connectivity index (χ1) is 8.97. The van der Waals surface area contributed by atoms with E-state index in [-0.39, 0.29) is 11.0 Å². The van der Waals surface area contributed by atoms with Crippen LogP contribution in [-0.4, -0.2) is 15.9 Å². The summed E-state index contributed by atoms with van der Waals surface area (Å²) in [6, 6.07) is 2.90. The molecule has 2 aromatic heterocycles. The van der Waals surface area contributed by atoms with Crippen molar-refractivity contribution >= 4 is 39.1 Å². The molecule has 2 N–H and O–H groups in total. The third kappa shape index (κ3) is 3.21. The topological polar surface area (TPSA) is 74.8 Å². The van der Waals surface area contributed by atoms with Crippen LogP contribution in [0.5, 0.6) is 0 Å². The number of anilines is 1. The molecule has 2 heterocycles. The maximum absolute atomic E-state index is 12.0. The average Bonchev–Trinajstić information content (AvgIpc) is 2.33. The fourth-order valence-corrected chi connectivity index (χ4v) is 1.92. The molecule has 0 atom stereocenters. The van der Waals surface area contributed by atoms with E-state index in [2.05, 4.69) is 31.2 Å². The lowest BCUT2D eigenvalue weighted by atomic mass is 10.2. The van der Waals surface area contributed by atoms with Gasteiger partial charge in [-0.15, -0.1) is 0 Å². The molecule has 7 heteroatoms. The van der Waals surface area contributed by atoms with Crippen LogP contribution in [0.3, 0.4) is 0 Å². The monoisotopic (exact) mass is 341 g/mol. The summed E-state index contributed by atoms with van der Waals surface area (Å²) < 4.78 is 0.439. The second-order valence-electron chi connectivity index (χ2n) is 3.84. The summed E-state index contributed by atoms with van der Waals surface area (Å²) in [6.45, 7) is 1.74. The fourth-order valence-electron chi connectivity index (χ4n) is 1.45. The summed E-state index contributed by atoms with van der Waals surface area (Å²) in [7, 11) is 0. The molecule has 5 nitrogen and oxygen atoms in total. The SMILES string of the molecule is Cc1cc(=O)c(C(=O)Nc2cc(Cl)cnc2Br)c[nH]1. The summed E-state index contributed by atoms with van der Waals surface area (Å²) in [5, 5.41) is 2.96. The van der Waals surface area contributed by atoms with Gasteiger partial charge in [0, 0.05) is 24.2 Å². The first-order valence-corrected chi connectivity index (χ1v) is 6.46. The summed E-state index contributed by atoms with van der Waals surface area (Å²) >= 11 is 8.99. The van der Waals surface area contributed by atoms with Crippen LogP contribution in [0.1, 0.15) is 16.1 Å². The highest BCUT2D eigenvalue weighted by molar-refractivity contribution is 9.10. The van der Waals surface area contributed by atoms with Crippen LogP contribution in [0.2, 0.25) is 5.02 Å². The predicted molar refractivity (Wildman–Crippen MR) is 76.7 cm³/mol. The number of nitrogens with zero attached hydrogens (tertiary/aromatic N) is 1. The number of rotatable bonds is 2. The first-order valence-electron chi connectivity index (χ1n) is 5.29. The van der Waals surface area contributed by atoms with Crippen LogP contribution >= 0.6 is 27.5 Å². The number of nitrogens with one attached hydrogen (secondary N) is 2. The highest BCUT2D eigenvalue weighted by Crippen LogP contribution is 2.23. The maximum Gasteiger partial charge on any atom is 0.261 e. The second kappa shape index (κ2) is 5.54. The molecule has 0 saturated carbocycles. The van der Waals surface area contributed by atoms with Crippen LogP contribution < -0.4 is 10.7 Å². The Morgan fingerprint density at radius 2 is 2.21 bits per heavy atom. The largest absolute Gasteiger partial charge is 0.364 e. The molecule has 0 spiro atoms. The highest BCUT2D eigenvalue weighted by Gasteiger charge is 2.12. The molecule has 2 aromatic rings. The molecule has 0 aromatic carbocycles. The summed E-state index contributed by atoms with van der Waals surface area (Å²) in [5.74, 6) is -0.522. The Labute approximate surface area is 122 Å². The van der Waals surface area contributed by atoms with Crippen molar-refractivity contribution in [3.8, 4) is 0 Å². The summed E-state index contributed by atoms with van der Waals surface area (Å²) in [6.07, 6.45) is 2.82. The van der Waals surface area contributed by atoms with Crippen molar-refractivity contribution in [3.63, 3.8) is 0 Å². The Morgan fingerprint density at radius 3 is 2.89 bits per heavy atom. The van der Waals surface area contributed by atoms with E-state index >= 15 is 0 Å². The predicted octanol–water partition coefficient (Wildman–Crippen LogP) is 2.75. The fraction of sp³-hybridized carbons (Fsp3) is 0.0833. The van der Waals surface area contributed by atoms with Gasteiger partial charge in [-0.25, -0.2) is 4.98 Å². The minimum atomic E-state index is -0.522. The van der Waals surface area contributed by atoms with Gasteiger partial charge in [-0.05, 0) is 28.9 Å². The number of hydrogen-bond donors (Lipinski definition) is 2. The summed E-state index contributed by atoms with van der Waals surface area (Å²) in [5.41, 5.74) is 0.766. The van der Waals surface area contributed by atoms with Crippen molar-refractivity contribution in [3.05, 3.63) is 55.6 Å². The third-order valence-corrected chi connectivity index (χ3v) is 3.19. The van der Waals surface area contributed by atoms with Gasteiger partial charge >= 0.3 is 0 Å². The number of aromatic nitrogens is 2. The molecule has 1 amide bonds. The lowest BCUT2D eigenvalue weighted by Crippen LogP contribution is -2.21. The Morgan fingerprint density at radius 1 is 1.47 bits per heavy atom. The smallest absolute Gasteiger partial charge is 0.261 e. The molecular weight excluding hydrogens is 334 g/mol. The molecule has 0 radical (unpaired) electrons. The molecule has 0 unspecified atom stereocenters. The lowest BCUT2D eigenvalue weighted by molar-refractivity contribution is 0.102. The van der Waals surface area contributed by atoms with Crippen molar-refractivity contribution < 1.29 is 4.79 Å². The van der Waals surface area contributed by atoms with Gasteiger partial charge in [-0.2, -0.15) is 0 Å². The van der Waals surface area contributed by atoms with E-state index in [9.17, 15) is 9.59 Å². The molecule has 2 rings (SSSR count). The number of pyridine rings is 2. The van der Waals surface area contributed by atoms with E-state index in [0.717, 1.165) is 0 Å². The Hall–Kier alpha value is -1.66. The van der Waals surface area contributed by atoms with Crippen molar-refractivity contribution in [1.29, 1.82) is 0 Å². The van der Waals surface area contributed by atoms with E-state index in [1.807, 2.05) is 0 Å². The quantitative estimate of drug-likeness (QED) is 0.824. The van der Waals surface area contributed by atoms with Crippen LogP contribution in [0.15, 0.2) is 33.9 Å². The normalized spacial score (nSPS) is 10.3. The van der Waals surface area contributed by atoms with E-state index in [1.165, 1.54) is 18.5 Å². The minimum Gasteiger partial charge on any atom is -0.364 e. The number of amides is 1. The van der Waals surface area contributed by atoms with Crippen LogP contribution in [0.25, 0.3) is 0 Å².